The van der Waals surface area contributed by atoms with Gasteiger partial charge in [0.05, 0.1) is 5.56 Å². The average Bonchev–Trinajstić information content (AvgIpc) is 2.93. The molecule has 0 atom stereocenters. The molecule has 1 amide bonds. The Kier molecular flexibility index (Phi) is 2.78. The minimum Gasteiger partial charge on any atom is -0.350 e. The molecule has 1 saturated carbocycles. The summed E-state index contributed by atoms with van der Waals surface area (Å²) in [6.07, 6.45) is 2.50. The molecule has 1 fully saturated rings. The van der Waals surface area contributed by atoms with Crippen LogP contribution in [0.15, 0.2) is 6.07 Å². The molecule has 16 heavy (non-hydrogen) atoms. The predicted molar refractivity (Wildman–Crippen MR) is 64.8 cm³/mol. The minimum absolute atomic E-state index is 0.0509. The number of amides is 1. The monoisotopic (exact) mass is 220 g/mol. The van der Waals surface area contributed by atoms with Crippen molar-refractivity contribution in [1.29, 1.82) is 0 Å². The highest BCUT2D eigenvalue weighted by molar-refractivity contribution is 5.95. The zero-order valence-corrected chi connectivity index (χ0v) is 10.5. The van der Waals surface area contributed by atoms with Crippen molar-refractivity contribution >= 4 is 5.91 Å². The van der Waals surface area contributed by atoms with Gasteiger partial charge in [0.25, 0.3) is 5.91 Å². The largest absolute Gasteiger partial charge is 0.350 e. The van der Waals surface area contributed by atoms with Gasteiger partial charge in [-0.2, -0.15) is 0 Å². The highest BCUT2D eigenvalue weighted by Gasteiger charge is 2.28. The molecule has 1 N–H and O–H groups in total. The van der Waals surface area contributed by atoms with E-state index in [0.717, 1.165) is 11.3 Å². The van der Waals surface area contributed by atoms with Crippen molar-refractivity contribution < 1.29 is 4.79 Å². The first kappa shape index (κ1) is 11.2. The third-order valence-electron chi connectivity index (χ3n) is 3.06. The summed E-state index contributed by atoms with van der Waals surface area (Å²) in [7, 11) is 0. The van der Waals surface area contributed by atoms with Gasteiger partial charge in [-0.15, -0.1) is 0 Å². The zero-order valence-electron chi connectivity index (χ0n) is 10.5. The highest BCUT2D eigenvalue weighted by atomic mass is 16.1. The molecule has 88 valence electrons. The van der Waals surface area contributed by atoms with Crippen LogP contribution in [0.1, 0.15) is 54.5 Å². The topological polar surface area (TPSA) is 34.0 Å². The molecule has 1 aromatic heterocycles. The molecule has 1 aliphatic rings. The van der Waals surface area contributed by atoms with E-state index < -0.39 is 0 Å². The maximum absolute atomic E-state index is 12.0. The molecule has 2 rings (SSSR count). The van der Waals surface area contributed by atoms with Gasteiger partial charge < -0.3 is 9.88 Å². The number of nitrogens with zero attached hydrogens (tertiary/aromatic N) is 1. The van der Waals surface area contributed by atoms with E-state index in [4.69, 9.17) is 0 Å². The summed E-state index contributed by atoms with van der Waals surface area (Å²) in [4.78, 5) is 12.0. The Hall–Kier alpha value is -1.25. The summed E-state index contributed by atoms with van der Waals surface area (Å²) >= 11 is 0. The Morgan fingerprint density at radius 2 is 2.06 bits per heavy atom. The molecule has 0 radical (unpaired) electrons. The first-order valence-corrected chi connectivity index (χ1v) is 6.00. The van der Waals surface area contributed by atoms with Crippen molar-refractivity contribution in [2.75, 3.05) is 0 Å². The van der Waals surface area contributed by atoms with Gasteiger partial charge in [-0.25, -0.2) is 0 Å². The quantitative estimate of drug-likeness (QED) is 0.834. The van der Waals surface area contributed by atoms with Crippen molar-refractivity contribution in [1.82, 2.24) is 9.88 Å². The third-order valence-corrected chi connectivity index (χ3v) is 3.06. The maximum Gasteiger partial charge on any atom is 0.253 e. The summed E-state index contributed by atoms with van der Waals surface area (Å²) in [5.74, 6) is 0.0509. The van der Waals surface area contributed by atoms with Crippen molar-refractivity contribution in [3.63, 3.8) is 0 Å². The Balaban J connectivity index is 2.28. The van der Waals surface area contributed by atoms with E-state index in [1.54, 1.807) is 0 Å². The Morgan fingerprint density at radius 3 is 2.56 bits per heavy atom. The fraction of sp³-hybridized carbons (Fsp3) is 0.615. The van der Waals surface area contributed by atoms with E-state index in [9.17, 15) is 4.79 Å². The second kappa shape index (κ2) is 3.96. The predicted octanol–water partition coefficient (Wildman–Crippen LogP) is 2.58. The molecular formula is C13H20N2O. The highest BCUT2D eigenvalue weighted by Crippen LogP contribution is 2.38. The lowest BCUT2D eigenvalue weighted by atomic mass is 10.2. The Labute approximate surface area is 96.8 Å². The molecule has 3 nitrogen and oxygen atoms in total. The molecule has 0 aromatic carbocycles. The average molecular weight is 220 g/mol. The van der Waals surface area contributed by atoms with Gasteiger partial charge >= 0.3 is 0 Å². The van der Waals surface area contributed by atoms with Crippen LogP contribution in [0.3, 0.4) is 0 Å². The van der Waals surface area contributed by atoms with Crippen LogP contribution in [0.25, 0.3) is 0 Å². The van der Waals surface area contributed by atoms with Gasteiger partial charge in [-0.3, -0.25) is 4.79 Å². The van der Waals surface area contributed by atoms with Crippen molar-refractivity contribution in [2.24, 2.45) is 0 Å². The summed E-state index contributed by atoms with van der Waals surface area (Å²) in [5.41, 5.74) is 3.14. The Bertz CT molecular complexity index is 414. The van der Waals surface area contributed by atoms with Crippen LogP contribution in [0.2, 0.25) is 0 Å². The lowest BCUT2D eigenvalue weighted by Gasteiger charge is -2.09. The smallest absolute Gasteiger partial charge is 0.253 e. The fourth-order valence-electron chi connectivity index (χ4n) is 2.24. The molecule has 0 aliphatic heterocycles. The lowest BCUT2D eigenvalue weighted by molar-refractivity contribution is 0.0942. The number of hydrogen-bond acceptors (Lipinski definition) is 1. The van der Waals surface area contributed by atoms with Gasteiger partial charge in [-0.1, -0.05) is 0 Å². The van der Waals surface area contributed by atoms with Gasteiger partial charge in [-0.05, 0) is 46.6 Å². The van der Waals surface area contributed by atoms with E-state index >= 15 is 0 Å². The molecule has 0 spiro atoms. The van der Waals surface area contributed by atoms with Gasteiger partial charge in [0, 0.05) is 23.5 Å². The van der Waals surface area contributed by atoms with Crippen LogP contribution >= 0.6 is 0 Å². The molecule has 0 bridgehead atoms. The number of aromatic nitrogens is 1. The number of rotatable bonds is 3. The fourth-order valence-corrected chi connectivity index (χ4v) is 2.24. The second-order valence-corrected chi connectivity index (χ2v) is 5.01. The maximum atomic E-state index is 12.0. The van der Waals surface area contributed by atoms with E-state index in [0.29, 0.717) is 6.04 Å². The molecule has 0 unspecified atom stereocenters. The van der Waals surface area contributed by atoms with Crippen LogP contribution in [-0.4, -0.2) is 16.5 Å². The Morgan fingerprint density at radius 1 is 1.44 bits per heavy atom. The van der Waals surface area contributed by atoms with Crippen molar-refractivity contribution in [2.45, 2.75) is 52.6 Å². The first-order chi connectivity index (χ1) is 7.50. The van der Waals surface area contributed by atoms with Gasteiger partial charge in [0.15, 0.2) is 0 Å². The summed E-state index contributed by atoms with van der Waals surface area (Å²) in [6.45, 7) is 8.09. The zero-order chi connectivity index (χ0) is 11.9. The summed E-state index contributed by atoms with van der Waals surface area (Å²) < 4.78 is 2.30. The van der Waals surface area contributed by atoms with E-state index in [1.807, 2.05) is 26.8 Å². The van der Waals surface area contributed by atoms with Crippen LogP contribution in [0, 0.1) is 13.8 Å². The van der Waals surface area contributed by atoms with Crippen molar-refractivity contribution in [3.05, 3.63) is 23.0 Å². The number of carbonyl (C=O) groups is 1. The number of carbonyl (C=O) groups excluding carboxylic acids is 1. The SMILES string of the molecule is Cc1cc(C(=O)NC(C)C)c(C)n1C1CC1. The number of hydrogen-bond donors (Lipinski definition) is 1. The number of nitrogens with one attached hydrogen (secondary N) is 1. The van der Waals surface area contributed by atoms with Crippen LogP contribution < -0.4 is 5.32 Å². The third kappa shape index (κ3) is 1.99. The second-order valence-electron chi connectivity index (χ2n) is 5.01. The molecule has 1 heterocycles. The lowest BCUT2D eigenvalue weighted by Crippen LogP contribution is -2.30. The molecule has 0 saturated heterocycles. The molecule has 1 aliphatic carbocycles. The van der Waals surface area contributed by atoms with E-state index in [2.05, 4.69) is 16.8 Å². The summed E-state index contributed by atoms with van der Waals surface area (Å²) in [5, 5.41) is 2.95. The summed E-state index contributed by atoms with van der Waals surface area (Å²) in [6, 6.07) is 2.84. The number of aryl methyl sites for hydroxylation is 1. The minimum atomic E-state index is 0.0509. The van der Waals surface area contributed by atoms with Crippen LogP contribution in [0.5, 0.6) is 0 Å². The van der Waals surface area contributed by atoms with Crippen molar-refractivity contribution in [3.8, 4) is 0 Å². The first-order valence-electron chi connectivity index (χ1n) is 6.00. The van der Waals surface area contributed by atoms with Gasteiger partial charge in [0.2, 0.25) is 0 Å². The van der Waals surface area contributed by atoms with E-state index in [1.165, 1.54) is 18.5 Å². The van der Waals surface area contributed by atoms with Crippen LogP contribution in [0.4, 0.5) is 0 Å². The van der Waals surface area contributed by atoms with Crippen LogP contribution in [-0.2, 0) is 0 Å². The standard InChI is InChI=1S/C13H20N2O/c1-8(2)14-13(16)12-7-9(3)15(10(12)4)11-5-6-11/h7-8,11H,5-6H2,1-4H3,(H,14,16). The van der Waals surface area contributed by atoms with E-state index in [-0.39, 0.29) is 11.9 Å². The normalized spacial score (nSPS) is 15.6. The molecule has 1 aromatic rings. The van der Waals surface area contributed by atoms with Gasteiger partial charge in [0.1, 0.15) is 0 Å². The molecule has 3 heteroatoms. The molecular weight excluding hydrogens is 200 g/mol.